The van der Waals surface area contributed by atoms with Gasteiger partial charge in [-0.1, -0.05) is 30.7 Å². The topological polar surface area (TPSA) is 102 Å². The Morgan fingerprint density at radius 1 is 1.13 bits per heavy atom. The van der Waals surface area contributed by atoms with Crippen LogP contribution >= 0.6 is 11.6 Å². The van der Waals surface area contributed by atoms with Gasteiger partial charge in [0.25, 0.3) is 5.91 Å². The predicted octanol–water partition coefficient (Wildman–Crippen LogP) is 3.00. The van der Waals surface area contributed by atoms with Crippen LogP contribution in [0.4, 0.5) is 0 Å². The van der Waals surface area contributed by atoms with Crippen LogP contribution < -0.4 is 5.43 Å². The molecule has 0 saturated carbocycles. The number of hydrogen-bond acceptors (Lipinski definition) is 5. The molecule has 6 nitrogen and oxygen atoms in total. The second-order valence-corrected chi connectivity index (χ2v) is 5.16. The molecule has 0 fully saturated rings. The van der Waals surface area contributed by atoms with Crippen molar-refractivity contribution in [2.75, 3.05) is 0 Å². The number of nitrogens with zero attached hydrogens (tertiary/aromatic N) is 1. The Morgan fingerprint density at radius 3 is 2.35 bits per heavy atom. The van der Waals surface area contributed by atoms with Gasteiger partial charge >= 0.3 is 0 Å². The van der Waals surface area contributed by atoms with Crippen molar-refractivity contribution in [1.82, 2.24) is 5.43 Å². The summed E-state index contributed by atoms with van der Waals surface area (Å²) in [5.41, 5.74) is 3.70. The highest BCUT2D eigenvalue weighted by Gasteiger charge is 2.13. The minimum Gasteiger partial charge on any atom is -0.504 e. The van der Waals surface area contributed by atoms with E-state index in [9.17, 15) is 20.1 Å². The van der Waals surface area contributed by atoms with Gasteiger partial charge in [-0.05, 0) is 36.2 Å². The van der Waals surface area contributed by atoms with Gasteiger partial charge in [-0.3, -0.25) is 4.79 Å². The Labute approximate surface area is 137 Å². The smallest absolute Gasteiger partial charge is 0.271 e. The van der Waals surface area contributed by atoms with Gasteiger partial charge in [-0.15, -0.1) is 0 Å². The lowest BCUT2D eigenvalue weighted by Crippen LogP contribution is -2.20. The Morgan fingerprint density at radius 2 is 1.78 bits per heavy atom. The van der Waals surface area contributed by atoms with Crippen LogP contribution in [0.2, 0.25) is 5.02 Å². The van der Waals surface area contributed by atoms with Gasteiger partial charge in [0.1, 0.15) is 0 Å². The molecule has 2 aromatic carbocycles. The van der Waals surface area contributed by atoms with Gasteiger partial charge in [-0.2, -0.15) is 5.10 Å². The number of rotatable bonds is 4. The van der Waals surface area contributed by atoms with Crippen LogP contribution in [0.1, 0.15) is 29.3 Å². The molecule has 0 aromatic heterocycles. The molecule has 0 aliphatic heterocycles. The zero-order valence-corrected chi connectivity index (χ0v) is 13.0. The van der Waals surface area contributed by atoms with E-state index in [1.807, 2.05) is 13.0 Å². The molecule has 2 aromatic rings. The first-order chi connectivity index (χ1) is 10.9. The molecule has 4 N–H and O–H groups in total. The molecule has 1 amide bonds. The number of amides is 1. The fourth-order valence-electron chi connectivity index (χ4n) is 1.93. The fourth-order valence-corrected chi connectivity index (χ4v) is 2.12. The maximum absolute atomic E-state index is 12.0. The van der Waals surface area contributed by atoms with E-state index < -0.39 is 23.2 Å². The van der Waals surface area contributed by atoms with E-state index in [1.54, 1.807) is 18.2 Å². The van der Waals surface area contributed by atoms with Crippen LogP contribution in [0, 0.1) is 0 Å². The zero-order chi connectivity index (χ0) is 17.0. The molecule has 0 bridgehead atoms. The van der Waals surface area contributed by atoms with Gasteiger partial charge in [0.05, 0.1) is 5.71 Å². The molecule has 2 rings (SSSR count). The van der Waals surface area contributed by atoms with Crippen molar-refractivity contribution in [3.05, 3.63) is 52.5 Å². The molecule has 0 radical (unpaired) electrons. The standard InChI is InChI=1S/C16H15ClN2O4/c1-2-12(9-4-3-5-11(17)6-9)18-19-16(23)10-7-13(20)15(22)14(21)8-10/h3-8,20-22H,2H2,1H3,(H,19,23)/b18-12-. The van der Waals surface area contributed by atoms with Crippen molar-refractivity contribution in [1.29, 1.82) is 0 Å². The lowest BCUT2D eigenvalue weighted by atomic mass is 10.1. The summed E-state index contributed by atoms with van der Waals surface area (Å²) >= 11 is 5.93. The highest BCUT2D eigenvalue weighted by atomic mass is 35.5. The Hall–Kier alpha value is -2.73. The minimum absolute atomic E-state index is 0.0388. The quantitative estimate of drug-likeness (QED) is 0.392. The molecule has 7 heteroatoms. The first-order valence-corrected chi connectivity index (χ1v) is 7.18. The third kappa shape index (κ3) is 3.92. The monoisotopic (exact) mass is 334 g/mol. The normalized spacial score (nSPS) is 11.3. The van der Waals surface area contributed by atoms with Gasteiger partial charge in [0, 0.05) is 10.6 Å². The molecular weight excluding hydrogens is 320 g/mol. The number of nitrogens with one attached hydrogen (secondary N) is 1. The summed E-state index contributed by atoms with van der Waals surface area (Å²) in [6, 6.07) is 9.13. The number of phenolic OH excluding ortho intramolecular Hbond substituents is 3. The Kier molecular flexibility index (Phi) is 5.08. The number of aromatic hydroxyl groups is 3. The van der Waals surface area contributed by atoms with Crippen molar-refractivity contribution < 1.29 is 20.1 Å². The maximum atomic E-state index is 12.0. The zero-order valence-electron chi connectivity index (χ0n) is 12.2. The Balaban J connectivity index is 2.22. The lowest BCUT2D eigenvalue weighted by molar-refractivity contribution is 0.0954. The number of carbonyl (C=O) groups excluding carboxylic acids is 1. The molecule has 23 heavy (non-hydrogen) atoms. The summed E-state index contributed by atoms with van der Waals surface area (Å²) in [4.78, 5) is 12.0. The molecule has 0 aliphatic rings. The number of halogens is 1. The molecule has 0 aliphatic carbocycles. The first kappa shape index (κ1) is 16.6. The number of carbonyl (C=O) groups is 1. The van der Waals surface area contributed by atoms with E-state index in [-0.39, 0.29) is 5.56 Å². The van der Waals surface area contributed by atoms with Gasteiger partial charge < -0.3 is 15.3 Å². The maximum Gasteiger partial charge on any atom is 0.271 e. The average Bonchev–Trinajstić information content (AvgIpc) is 2.52. The van der Waals surface area contributed by atoms with Crippen LogP contribution in [0.3, 0.4) is 0 Å². The van der Waals surface area contributed by atoms with Crippen molar-refractivity contribution in [3.63, 3.8) is 0 Å². The number of hydrogen-bond donors (Lipinski definition) is 4. The average molecular weight is 335 g/mol. The molecule has 0 unspecified atom stereocenters. The predicted molar refractivity (Wildman–Crippen MR) is 87.2 cm³/mol. The van der Waals surface area contributed by atoms with E-state index in [2.05, 4.69) is 10.5 Å². The second-order valence-electron chi connectivity index (χ2n) is 4.73. The van der Waals surface area contributed by atoms with E-state index in [1.165, 1.54) is 0 Å². The van der Waals surface area contributed by atoms with E-state index in [0.717, 1.165) is 17.7 Å². The molecule has 120 valence electrons. The summed E-state index contributed by atoms with van der Waals surface area (Å²) in [5, 5.41) is 32.7. The van der Waals surface area contributed by atoms with E-state index in [4.69, 9.17) is 11.6 Å². The largest absolute Gasteiger partial charge is 0.504 e. The van der Waals surface area contributed by atoms with E-state index in [0.29, 0.717) is 17.2 Å². The molecule has 0 spiro atoms. The summed E-state index contributed by atoms with van der Waals surface area (Å²) in [7, 11) is 0. The van der Waals surface area contributed by atoms with Crippen LogP contribution in [0.5, 0.6) is 17.2 Å². The number of benzene rings is 2. The number of hydrazone groups is 1. The van der Waals surface area contributed by atoms with Crippen LogP contribution in [-0.2, 0) is 0 Å². The first-order valence-electron chi connectivity index (χ1n) is 6.80. The highest BCUT2D eigenvalue weighted by molar-refractivity contribution is 6.31. The molecule has 0 heterocycles. The molecular formula is C16H15ClN2O4. The summed E-state index contributed by atoms with van der Waals surface area (Å²) in [6.45, 7) is 1.88. The van der Waals surface area contributed by atoms with Crippen LogP contribution in [0.25, 0.3) is 0 Å². The SMILES string of the molecule is CC/C(=N/NC(=O)c1cc(O)c(O)c(O)c1)c1cccc(Cl)c1. The van der Waals surface area contributed by atoms with E-state index >= 15 is 0 Å². The highest BCUT2D eigenvalue weighted by Crippen LogP contribution is 2.35. The summed E-state index contributed by atoms with van der Waals surface area (Å²) in [5.74, 6) is -2.50. The number of phenols is 3. The minimum atomic E-state index is -0.682. The van der Waals surface area contributed by atoms with Crippen molar-refractivity contribution >= 4 is 23.2 Å². The van der Waals surface area contributed by atoms with Gasteiger partial charge in [-0.25, -0.2) is 5.43 Å². The Bertz CT molecular complexity index is 751. The van der Waals surface area contributed by atoms with Crippen molar-refractivity contribution in [3.8, 4) is 17.2 Å². The van der Waals surface area contributed by atoms with Gasteiger partial charge in [0.2, 0.25) is 0 Å². The van der Waals surface area contributed by atoms with Crippen molar-refractivity contribution in [2.24, 2.45) is 5.10 Å². The lowest BCUT2D eigenvalue weighted by Gasteiger charge is -2.07. The third-order valence-corrected chi connectivity index (χ3v) is 3.35. The second kappa shape index (κ2) is 7.02. The molecule has 0 saturated heterocycles. The van der Waals surface area contributed by atoms with Crippen LogP contribution in [-0.4, -0.2) is 26.9 Å². The fraction of sp³-hybridized carbons (Fsp3) is 0.125. The summed E-state index contributed by atoms with van der Waals surface area (Å²) < 4.78 is 0. The van der Waals surface area contributed by atoms with Gasteiger partial charge in [0.15, 0.2) is 17.2 Å². The third-order valence-electron chi connectivity index (χ3n) is 3.12. The molecule has 0 atom stereocenters. The van der Waals surface area contributed by atoms with Crippen LogP contribution in [0.15, 0.2) is 41.5 Å². The van der Waals surface area contributed by atoms with Crippen molar-refractivity contribution in [2.45, 2.75) is 13.3 Å². The summed E-state index contributed by atoms with van der Waals surface area (Å²) in [6.07, 6.45) is 0.562.